The van der Waals surface area contributed by atoms with E-state index in [2.05, 4.69) is 0 Å². The van der Waals surface area contributed by atoms with E-state index in [1.807, 2.05) is 0 Å². The van der Waals surface area contributed by atoms with E-state index in [-0.39, 0.29) is 18.4 Å². The number of nitrogens with two attached hydrogens (primary N) is 1. The normalized spacial score (nSPS) is 31.1. The van der Waals surface area contributed by atoms with Gasteiger partial charge in [0.25, 0.3) is 0 Å². The zero-order chi connectivity index (χ0) is 8.97. The minimum atomic E-state index is -0.766. The molecule has 12 heavy (non-hydrogen) atoms. The number of carboxylic acids is 1. The predicted molar refractivity (Wildman–Crippen MR) is 43.8 cm³/mol. The van der Waals surface area contributed by atoms with Crippen LogP contribution in [0.2, 0.25) is 0 Å². The molecule has 4 heteroatoms. The Labute approximate surface area is 71.7 Å². The van der Waals surface area contributed by atoms with Gasteiger partial charge in [-0.15, -0.1) is 0 Å². The summed E-state index contributed by atoms with van der Waals surface area (Å²) in [7, 11) is 0. The van der Waals surface area contributed by atoms with Gasteiger partial charge in [-0.25, -0.2) is 0 Å². The molecule has 0 amide bonds. The van der Waals surface area contributed by atoms with Gasteiger partial charge in [0.05, 0.1) is 0 Å². The molecule has 4 nitrogen and oxygen atoms in total. The standard InChI is InChI=1S/C8H15NO3/c9-7-2-4-12-3-1-6(7)5-8(10)11/h6-7H,1-5,9H2,(H,10,11). The van der Waals surface area contributed by atoms with Gasteiger partial charge >= 0.3 is 5.97 Å². The largest absolute Gasteiger partial charge is 0.481 e. The van der Waals surface area contributed by atoms with Gasteiger partial charge < -0.3 is 15.6 Å². The van der Waals surface area contributed by atoms with Crippen molar-refractivity contribution >= 4 is 5.97 Å². The Kier molecular flexibility index (Phi) is 3.49. The van der Waals surface area contributed by atoms with E-state index in [1.165, 1.54) is 0 Å². The third kappa shape index (κ3) is 2.79. The van der Waals surface area contributed by atoms with Gasteiger partial charge in [-0.2, -0.15) is 0 Å². The molecule has 0 aromatic heterocycles. The highest BCUT2D eigenvalue weighted by Gasteiger charge is 2.22. The Morgan fingerprint density at radius 2 is 2.17 bits per heavy atom. The van der Waals surface area contributed by atoms with E-state index in [0.717, 1.165) is 12.8 Å². The molecule has 1 heterocycles. The van der Waals surface area contributed by atoms with Crippen molar-refractivity contribution in [1.29, 1.82) is 0 Å². The number of rotatable bonds is 2. The number of carboxylic acid groups (broad SMARTS) is 1. The van der Waals surface area contributed by atoms with Crippen LogP contribution in [0.15, 0.2) is 0 Å². The minimum Gasteiger partial charge on any atom is -0.481 e. The van der Waals surface area contributed by atoms with Crippen LogP contribution in [0.4, 0.5) is 0 Å². The van der Waals surface area contributed by atoms with E-state index >= 15 is 0 Å². The summed E-state index contributed by atoms with van der Waals surface area (Å²) in [6.45, 7) is 1.31. The van der Waals surface area contributed by atoms with Crippen LogP contribution in [0, 0.1) is 5.92 Å². The van der Waals surface area contributed by atoms with Gasteiger partial charge in [0.15, 0.2) is 0 Å². The van der Waals surface area contributed by atoms with Gasteiger partial charge in [-0.05, 0) is 18.8 Å². The SMILES string of the molecule is NC1CCOCCC1CC(=O)O. The first-order chi connectivity index (χ1) is 5.70. The molecule has 70 valence electrons. The van der Waals surface area contributed by atoms with Crippen LogP contribution in [0.1, 0.15) is 19.3 Å². The summed E-state index contributed by atoms with van der Waals surface area (Å²) < 4.78 is 5.20. The van der Waals surface area contributed by atoms with Gasteiger partial charge in [-0.1, -0.05) is 0 Å². The highest BCUT2D eigenvalue weighted by molar-refractivity contribution is 5.67. The fourth-order valence-corrected chi connectivity index (χ4v) is 1.48. The lowest BCUT2D eigenvalue weighted by Crippen LogP contribution is -2.31. The molecule has 0 aliphatic carbocycles. The second-order valence-corrected chi connectivity index (χ2v) is 3.21. The number of hydrogen-bond donors (Lipinski definition) is 2. The molecular weight excluding hydrogens is 158 g/mol. The van der Waals surface area contributed by atoms with E-state index in [4.69, 9.17) is 15.6 Å². The zero-order valence-corrected chi connectivity index (χ0v) is 7.03. The van der Waals surface area contributed by atoms with E-state index < -0.39 is 5.97 Å². The van der Waals surface area contributed by atoms with Crippen LogP contribution in [0.25, 0.3) is 0 Å². The lowest BCUT2D eigenvalue weighted by atomic mass is 9.92. The maximum atomic E-state index is 10.4. The molecule has 1 rings (SSSR count). The average Bonchev–Trinajstić information content (AvgIpc) is 2.16. The molecule has 1 saturated heterocycles. The van der Waals surface area contributed by atoms with Crippen molar-refractivity contribution in [2.75, 3.05) is 13.2 Å². The monoisotopic (exact) mass is 173 g/mol. The molecule has 1 aliphatic heterocycles. The van der Waals surface area contributed by atoms with Crippen LogP contribution in [0.3, 0.4) is 0 Å². The molecular formula is C8H15NO3. The molecule has 0 spiro atoms. The third-order valence-electron chi connectivity index (χ3n) is 2.27. The van der Waals surface area contributed by atoms with Crippen molar-refractivity contribution < 1.29 is 14.6 Å². The van der Waals surface area contributed by atoms with Crippen molar-refractivity contribution in [2.24, 2.45) is 11.7 Å². The molecule has 3 N–H and O–H groups in total. The molecule has 0 saturated carbocycles. The number of carbonyl (C=O) groups is 1. The van der Waals surface area contributed by atoms with E-state index in [9.17, 15) is 4.79 Å². The van der Waals surface area contributed by atoms with Gasteiger partial charge in [0, 0.05) is 25.7 Å². The first kappa shape index (κ1) is 9.48. The van der Waals surface area contributed by atoms with E-state index in [0.29, 0.717) is 13.2 Å². The zero-order valence-electron chi connectivity index (χ0n) is 7.03. The summed E-state index contributed by atoms with van der Waals surface area (Å²) in [6, 6.07) is -0.0106. The lowest BCUT2D eigenvalue weighted by Gasteiger charge is -2.17. The second kappa shape index (κ2) is 4.42. The Balaban J connectivity index is 2.41. The number of hydrogen-bond acceptors (Lipinski definition) is 3. The van der Waals surface area contributed by atoms with Crippen molar-refractivity contribution in [3.8, 4) is 0 Å². The lowest BCUT2D eigenvalue weighted by molar-refractivity contribution is -0.138. The summed E-state index contributed by atoms with van der Waals surface area (Å²) in [4.78, 5) is 10.4. The van der Waals surface area contributed by atoms with Crippen LogP contribution in [-0.4, -0.2) is 30.3 Å². The Hall–Kier alpha value is -0.610. The van der Waals surface area contributed by atoms with Gasteiger partial charge in [0.2, 0.25) is 0 Å². The highest BCUT2D eigenvalue weighted by Crippen LogP contribution is 2.18. The first-order valence-electron chi connectivity index (χ1n) is 4.25. The van der Waals surface area contributed by atoms with Crippen molar-refractivity contribution in [2.45, 2.75) is 25.3 Å². The molecule has 0 aromatic carbocycles. The summed E-state index contributed by atoms with van der Waals surface area (Å²) in [5, 5.41) is 8.58. The first-order valence-corrected chi connectivity index (χ1v) is 4.25. The van der Waals surface area contributed by atoms with Crippen LogP contribution in [-0.2, 0) is 9.53 Å². The fraction of sp³-hybridized carbons (Fsp3) is 0.875. The molecule has 2 atom stereocenters. The van der Waals surface area contributed by atoms with Crippen molar-refractivity contribution in [1.82, 2.24) is 0 Å². The molecule has 0 aromatic rings. The molecule has 0 bridgehead atoms. The van der Waals surface area contributed by atoms with Crippen molar-refractivity contribution in [3.63, 3.8) is 0 Å². The summed E-state index contributed by atoms with van der Waals surface area (Å²) >= 11 is 0. The van der Waals surface area contributed by atoms with Crippen LogP contribution in [0.5, 0.6) is 0 Å². The van der Waals surface area contributed by atoms with Crippen LogP contribution < -0.4 is 5.73 Å². The maximum absolute atomic E-state index is 10.4. The topological polar surface area (TPSA) is 72.5 Å². The number of ether oxygens (including phenoxy) is 1. The summed E-state index contributed by atoms with van der Waals surface area (Å²) in [5.74, 6) is -0.678. The molecule has 2 unspecified atom stereocenters. The second-order valence-electron chi connectivity index (χ2n) is 3.21. The Morgan fingerprint density at radius 3 is 2.83 bits per heavy atom. The van der Waals surface area contributed by atoms with Crippen molar-refractivity contribution in [3.05, 3.63) is 0 Å². The average molecular weight is 173 g/mol. The molecule has 1 fully saturated rings. The maximum Gasteiger partial charge on any atom is 0.303 e. The smallest absolute Gasteiger partial charge is 0.303 e. The highest BCUT2D eigenvalue weighted by atomic mass is 16.5. The Morgan fingerprint density at radius 1 is 1.50 bits per heavy atom. The summed E-state index contributed by atoms with van der Waals surface area (Å²) in [5.41, 5.74) is 5.78. The van der Waals surface area contributed by atoms with Gasteiger partial charge in [-0.3, -0.25) is 4.79 Å². The quantitative estimate of drug-likeness (QED) is 0.626. The van der Waals surface area contributed by atoms with Crippen LogP contribution >= 0.6 is 0 Å². The minimum absolute atomic E-state index is 0.0106. The fourth-order valence-electron chi connectivity index (χ4n) is 1.48. The van der Waals surface area contributed by atoms with E-state index in [1.54, 1.807) is 0 Å². The number of aliphatic carboxylic acids is 1. The predicted octanol–water partition coefficient (Wildman–Crippen LogP) is 0.215. The summed E-state index contributed by atoms with van der Waals surface area (Å²) in [6.07, 6.45) is 1.72. The Bertz CT molecular complexity index is 160. The molecule has 0 radical (unpaired) electrons. The molecule has 1 aliphatic rings. The third-order valence-corrected chi connectivity index (χ3v) is 2.27. The van der Waals surface area contributed by atoms with Gasteiger partial charge in [0.1, 0.15) is 0 Å².